The molecule has 1 saturated carbocycles. The lowest BCUT2D eigenvalue weighted by Crippen LogP contribution is -2.27. The van der Waals surface area contributed by atoms with E-state index in [9.17, 15) is 4.79 Å². The third-order valence-electron chi connectivity index (χ3n) is 4.81. The highest BCUT2D eigenvalue weighted by atomic mass is 32.1. The van der Waals surface area contributed by atoms with Crippen LogP contribution in [0.25, 0.3) is 0 Å². The van der Waals surface area contributed by atoms with Crippen molar-refractivity contribution in [2.75, 3.05) is 19.6 Å². The number of carbonyl (C=O) groups is 1. The van der Waals surface area contributed by atoms with Crippen LogP contribution < -0.4 is 10.6 Å². The van der Waals surface area contributed by atoms with Crippen LogP contribution in [0.15, 0.2) is 5.38 Å². The topological polar surface area (TPSA) is 95.6 Å². The van der Waals surface area contributed by atoms with Crippen molar-refractivity contribution >= 4 is 17.2 Å². The van der Waals surface area contributed by atoms with Crippen molar-refractivity contribution in [3.63, 3.8) is 0 Å². The van der Waals surface area contributed by atoms with Gasteiger partial charge in [-0.1, -0.05) is 0 Å². The molecule has 1 amide bonds. The molecule has 0 unspecified atom stereocenters. The molecule has 1 saturated heterocycles. The summed E-state index contributed by atoms with van der Waals surface area (Å²) in [4.78, 5) is 21.3. The van der Waals surface area contributed by atoms with Gasteiger partial charge in [0, 0.05) is 30.2 Å². The predicted molar refractivity (Wildman–Crippen MR) is 96.0 cm³/mol. The zero-order valence-electron chi connectivity index (χ0n) is 14.3. The Labute approximate surface area is 151 Å². The fourth-order valence-corrected chi connectivity index (χ4v) is 4.11. The molecule has 0 radical (unpaired) electrons. The summed E-state index contributed by atoms with van der Waals surface area (Å²) in [5.41, 5.74) is 0.550. The first kappa shape index (κ1) is 16.7. The van der Waals surface area contributed by atoms with Gasteiger partial charge in [0.15, 0.2) is 5.82 Å². The Balaban J connectivity index is 1.21. The largest absolute Gasteiger partial charge is 0.351 e. The first-order valence-corrected chi connectivity index (χ1v) is 10.0. The smallest absolute Gasteiger partial charge is 0.270 e. The van der Waals surface area contributed by atoms with Crippen LogP contribution in [-0.4, -0.2) is 45.7 Å². The maximum absolute atomic E-state index is 12.2. The van der Waals surface area contributed by atoms with E-state index in [1.807, 2.05) is 5.38 Å². The summed E-state index contributed by atoms with van der Waals surface area (Å²) >= 11 is 1.61. The van der Waals surface area contributed by atoms with E-state index in [4.69, 9.17) is 0 Å². The lowest BCUT2D eigenvalue weighted by molar-refractivity contribution is 0.0948. The molecule has 2 aromatic rings. The van der Waals surface area contributed by atoms with Gasteiger partial charge in [0.1, 0.15) is 11.5 Å². The van der Waals surface area contributed by atoms with Gasteiger partial charge in [-0.2, -0.15) is 5.10 Å². The van der Waals surface area contributed by atoms with Crippen molar-refractivity contribution in [2.24, 2.45) is 0 Å². The van der Waals surface area contributed by atoms with E-state index in [-0.39, 0.29) is 5.91 Å². The number of rotatable bonds is 7. The summed E-state index contributed by atoms with van der Waals surface area (Å²) in [6.07, 6.45) is 6.28. The molecule has 3 N–H and O–H groups in total. The van der Waals surface area contributed by atoms with Gasteiger partial charge in [-0.3, -0.25) is 9.89 Å². The van der Waals surface area contributed by atoms with Crippen molar-refractivity contribution in [2.45, 2.75) is 50.4 Å². The maximum atomic E-state index is 12.2. The molecule has 2 aromatic heterocycles. The average molecular weight is 360 g/mol. The van der Waals surface area contributed by atoms with Crippen LogP contribution in [0, 0.1) is 0 Å². The molecule has 0 spiro atoms. The molecule has 3 heterocycles. The van der Waals surface area contributed by atoms with E-state index in [1.165, 1.54) is 12.8 Å². The van der Waals surface area contributed by atoms with E-state index in [2.05, 4.69) is 30.8 Å². The quantitative estimate of drug-likeness (QED) is 0.656. The molecule has 0 bridgehead atoms. The Kier molecular flexibility index (Phi) is 5.07. The second kappa shape index (κ2) is 7.61. The van der Waals surface area contributed by atoms with Crippen molar-refractivity contribution in [3.8, 4) is 0 Å². The number of aryl methyl sites for hydroxylation is 1. The van der Waals surface area contributed by atoms with Gasteiger partial charge in [-0.15, -0.1) is 11.3 Å². The highest BCUT2D eigenvalue weighted by Gasteiger charge is 2.27. The van der Waals surface area contributed by atoms with E-state index >= 15 is 0 Å². The SMILES string of the molecule is O=C(NCCCc1nc(C2CC2)n[nH]1)c1csc(C2CCNCC2)n1. The van der Waals surface area contributed by atoms with E-state index < -0.39 is 0 Å². The molecule has 134 valence electrons. The fourth-order valence-electron chi connectivity index (χ4n) is 3.14. The maximum Gasteiger partial charge on any atom is 0.270 e. The standard InChI is InChI=1S/C17H24N6OS/c24-16(13-10-25-17(20-13)12-5-8-18-9-6-12)19-7-1-2-14-21-15(23-22-14)11-3-4-11/h10-12,18H,1-9H2,(H,19,24)(H,21,22,23). The van der Waals surface area contributed by atoms with Crippen molar-refractivity contribution in [1.82, 2.24) is 30.8 Å². The van der Waals surface area contributed by atoms with Crippen LogP contribution in [-0.2, 0) is 6.42 Å². The molecule has 1 aliphatic carbocycles. The van der Waals surface area contributed by atoms with E-state index in [0.717, 1.165) is 55.4 Å². The summed E-state index contributed by atoms with van der Waals surface area (Å²) in [5, 5.41) is 16.5. The number of aromatic amines is 1. The fraction of sp³-hybridized carbons (Fsp3) is 0.647. The average Bonchev–Trinajstić information content (AvgIpc) is 3.19. The number of hydrogen-bond acceptors (Lipinski definition) is 6. The van der Waals surface area contributed by atoms with Crippen LogP contribution in [0.2, 0.25) is 0 Å². The summed E-state index contributed by atoms with van der Waals surface area (Å²) in [7, 11) is 0. The number of H-pyrrole nitrogens is 1. The summed E-state index contributed by atoms with van der Waals surface area (Å²) < 4.78 is 0. The second-order valence-corrected chi connectivity index (χ2v) is 7.76. The summed E-state index contributed by atoms with van der Waals surface area (Å²) in [5.74, 6) is 2.86. The molecule has 2 fully saturated rings. The summed E-state index contributed by atoms with van der Waals surface area (Å²) in [6.45, 7) is 2.70. The van der Waals surface area contributed by atoms with Gasteiger partial charge in [-0.05, 0) is 45.2 Å². The van der Waals surface area contributed by atoms with Gasteiger partial charge < -0.3 is 10.6 Å². The number of nitrogens with one attached hydrogen (secondary N) is 3. The normalized spacial score (nSPS) is 18.4. The molecule has 0 atom stereocenters. The number of carbonyl (C=O) groups excluding carboxylic acids is 1. The Hall–Kier alpha value is -1.80. The Morgan fingerprint density at radius 2 is 2.04 bits per heavy atom. The van der Waals surface area contributed by atoms with Crippen LogP contribution in [0.3, 0.4) is 0 Å². The monoisotopic (exact) mass is 360 g/mol. The molecular formula is C17H24N6OS. The second-order valence-electron chi connectivity index (χ2n) is 6.87. The molecular weight excluding hydrogens is 336 g/mol. The lowest BCUT2D eigenvalue weighted by atomic mass is 9.99. The summed E-state index contributed by atoms with van der Waals surface area (Å²) in [6, 6.07) is 0. The van der Waals surface area contributed by atoms with Gasteiger partial charge in [0.25, 0.3) is 5.91 Å². The zero-order valence-corrected chi connectivity index (χ0v) is 15.1. The zero-order chi connectivity index (χ0) is 17.1. The minimum absolute atomic E-state index is 0.0762. The van der Waals surface area contributed by atoms with Crippen molar-refractivity contribution in [1.29, 1.82) is 0 Å². The molecule has 25 heavy (non-hydrogen) atoms. The van der Waals surface area contributed by atoms with Gasteiger partial charge >= 0.3 is 0 Å². The van der Waals surface area contributed by atoms with Crippen LogP contribution >= 0.6 is 11.3 Å². The van der Waals surface area contributed by atoms with Crippen LogP contribution in [0.4, 0.5) is 0 Å². The lowest BCUT2D eigenvalue weighted by Gasteiger charge is -2.20. The highest BCUT2D eigenvalue weighted by molar-refractivity contribution is 7.09. The minimum atomic E-state index is -0.0762. The third-order valence-corrected chi connectivity index (χ3v) is 5.82. The Bertz CT molecular complexity index is 716. The molecule has 1 aliphatic heterocycles. The molecule has 7 nitrogen and oxygen atoms in total. The van der Waals surface area contributed by atoms with Crippen molar-refractivity contribution < 1.29 is 4.79 Å². The predicted octanol–water partition coefficient (Wildman–Crippen LogP) is 1.97. The number of hydrogen-bond donors (Lipinski definition) is 3. The van der Waals surface area contributed by atoms with Crippen LogP contribution in [0.1, 0.15) is 71.1 Å². The van der Waals surface area contributed by atoms with E-state index in [0.29, 0.717) is 24.1 Å². The molecule has 4 rings (SSSR count). The van der Waals surface area contributed by atoms with E-state index in [1.54, 1.807) is 11.3 Å². The first-order valence-electron chi connectivity index (χ1n) is 9.15. The first-order chi connectivity index (χ1) is 12.3. The van der Waals surface area contributed by atoms with Crippen molar-refractivity contribution in [3.05, 3.63) is 27.7 Å². The van der Waals surface area contributed by atoms with Gasteiger partial charge in [0.2, 0.25) is 0 Å². The van der Waals surface area contributed by atoms with Gasteiger partial charge in [0.05, 0.1) is 5.01 Å². The number of amides is 1. The molecule has 8 heteroatoms. The highest BCUT2D eigenvalue weighted by Crippen LogP contribution is 2.37. The number of thiazole rings is 1. The minimum Gasteiger partial charge on any atom is -0.351 e. The Morgan fingerprint density at radius 3 is 2.84 bits per heavy atom. The van der Waals surface area contributed by atoms with Gasteiger partial charge in [-0.25, -0.2) is 9.97 Å². The number of aromatic nitrogens is 4. The Morgan fingerprint density at radius 1 is 1.20 bits per heavy atom. The third kappa shape index (κ3) is 4.24. The number of nitrogens with zero attached hydrogens (tertiary/aromatic N) is 3. The van der Waals surface area contributed by atoms with Crippen LogP contribution in [0.5, 0.6) is 0 Å². The number of piperidine rings is 1. The molecule has 0 aromatic carbocycles. The molecule has 2 aliphatic rings.